The quantitative estimate of drug-likeness (QED) is 0.251. The molecule has 1 unspecified atom stereocenters. The van der Waals surface area contributed by atoms with Gasteiger partial charge in [0.2, 0.25) is 0 Å². The molecule has 1 aliphatic rings. The summed E-state index contributed by atoms with van der Waals surface area (Å²) in [6.07, 6.45) is 1.72. The maximum Gasteiger partial charge on any atom is 0.338 e. The largest absolute Gasteiger partial charge is 0.462 e. The van der Waals surface area contributed by atoms with E-state index in [4.69, 9.17) is 21.4 Å². The van der Waals surface area contributed by atoms with Crippen LogP contribution in [0.5, 0.6) is 0 Å². The number of ether oxygens (including phenoxy) is 1. The summed E-state index contributed by atoms with van der Waals surface area (Å²) in [4.78, 5) is 27.0. The van der Waals surface area contributed by atoms with Crippen LogP contribution in [0, 0.1) is 0 Å². The van der Waals surface area contributed by atoms with E-state index >= 15 is 0 Å². The molecule has 1 atom stereocenters. The van der Waals surface area contributed by atoms with E-state index in [0.717, 1.165) is 11.1 Å². The normalized spacial score (nSPS) is 15.9. The Balaban J connectivity index is 1.51. The second kappa shape index (κ2) is 9.54. The second-order valence-electron chi connectivity index (χ2n) is 7.14. The third-order valence-electron chi connectivity index (χ3n) is 5.07. The fourth-order valence-corrected chi connectivity index (χ4v) is 4.79. The number of hydrogen-bond acceptors (Lipinski definition) is 6. The molecule has 1 amide bonds. The van der Waals surface area contributed by atoms with Gasteiger partial charge in [0.25, 0.3) is 5.91 Å². The molecule has 0 aliphatic carbocycles. The molecule has 7 heteroatoms. The number of esters is 1. The van der Waals surface area contributed by atoms with Gasteiger partial charge in [-0.15, -0.1) is 0 Å². The standard InChI is InChI=1S/C25H21NO4S2/c1-3-29-24(28)19-11-9-18(10-12-19)21-14-13-20(30-21)15-22-23(27)26(25(31)32-22)16(2)17-7-5-4-6-8-17/h4-16H,3H2,1-2H3/b22-15-. The number of nitrogens with zero attached hydrogens (tertiary/aromatic N) is 1. The minimum atomic E-state index is -0.356. The van der Waals surface area contributed by atoms with Crippen molar-refractivity contribution in [3.63, 3.8) is 0 Å². The summed E-state index contributed by atoms with van der Waals surface area (Å²) in [6, 6.07) is 20.3. The van der Waals surface area contributed by atoms with Crippen LogP contribution in [0.4, 0.5) is 0 Å². The number of carbonyl (C=O) groups is 2. The van der Waals surface area contributed by atoms with Crippen molar-refractivity contribution in [3.8, 4) is 11.3 Å². The van der Waals surface area contributed by atoms with Crippen molar-refractivity contribution < 1.29 is 18.7 Å². The van der Waals surface area contributed by atoms with Crippen molar-refractivity contribution >= 4 is 46.3 Å². The molecule has 1 fully saturated rings. The molecule has 4 rings (SSSR count). The number of carbonyl (C=O) groups excluding carboxylic acids is 2. The fraction of sp³-hybridized carbons (Fsp3) is 0.160. The summed E-state index contributed by atoms with van der Waals surface area (Å²) < 4.78 is 11.5. The zero-order chi connectivity index (χ0) is 22.7. The summed E-state index contributed by atoms with van der Waals surface area (Å²) in [6.45, 7) is 4.07. The maximum absolute atomic E-state index is 13.0. The zero-order valence-corrected chi connectivity index (χ0v) is 19.2. The molecule has 162 valence electrons. The predicted molar refractivity (Wildman–Crippen MR) is 130 cm³/mol. The van der Waals surface area contributed by atoms with Gasteiger partial charge in [-0.3, -0.25) is 9.69 Å². The van der Waals surface area contributed by atoms with Crippen molar-refractivity contribution in [1.29, 1.82) is 0 Å². The fourth-order valence-electron chi connectivity index (χ4n) is 3.39. The van der Waals surface area contributed by atoms with Crippen molar-refractivity contribution in [2.75, 3.05) is 6.61 Å². The van der Waals surface area contributed by atoms with Crippen molar-refractivity contribution in [3.05, 3.63) is 88.5 Å². The van der Waals surface area contributed by atoms with Crippen LogP contribution in [0.25, 0.3) is 17.4 Å². The minimum absolute atomic E-state index is 0.131. The van der Waals surface area contributed by atoms with Crippen LogP contribution in [-0.4, -0.2) is 27.7 Å². The van der Waals surface area contributed by atoms with Gasteiger partial charge in [0.1, 0.15) is 15.8 Å². The summed E-state index contributed by atoms with van der Waals surface area (Å²) in [5, 5.41) is 0. The SMILES string of the molecule is CCOC(=O)c1ccc(-c2ccc(/C=C3\SC(=S)N(C(C)c4ccccc4)C3=O)o2)cc1. The lowest BCUT2D eigenvalue weighted by Crippen LogP contribution is -2.30. The monoisotopic (exact) mass is 463 g/mol. The third kappa shape index (κ3) is 4.54. The first-order valence-corrected chi connectivity index (χ1v) is 11.4. The zero-order valence-electron chi connectivity index (χ0n) is 17.6. The van der Waals surface area contributed by atoms with Crippen molar-refractivity contribution in [2.45, 2.75) is 19.9 Å². The molecule has 2 aromatic carbocycles. The van der Waals surface area contributed by atoms with E-state index in [1.165, 1.54) is 11.8 Å². The predicted octanol–water partition coefficient (Wildman–Crippen LogP) is 6.09. The summed E-state index contributed by atoms with van der Waals surface area (Å²) in [5.41, 5.74) is 2.33. The van der Waals surface area contributed by atoms with Gasteiger partial charge in [0.05, 0.1) is 23.1 Å². The van der Waals surface area contributed by atoms with Gasteiger partial charge in [-0.05, 0) is 43.7 Å². The number of furan rings is 1. The van der Waals surface area contributed by atoms with Gasteiger partial charge in [-0.2, -0.15) is 0 Å². The number of rotatable bonds is 6. The van der Waals surface area contributed by atoms with E-state index in [2.05, 4.69) is 0 Å². The highest BCUT2D eigenvalue weighted by Crippen LogP contribution is 2.38. The van der Waals surface area contributed by atoms with Crippen molar-refractivity contribution in [1.82, 2.24) is 4.90 Å². The molecule has 0 N–H and O–H groups in total. The molecule has 0 radical (unpaired) electrons. The molecule has 1 saturated heterocycles. The molecule has 0 saturated carbocycles. The average Bonchev–Trinajstić information content (AvgIpc) is 3.38. The molecule has 0 bridgehead atoms. The Morgan fingerprint density at radius 2 is 1.84 bits per heavy atom. The van der Waals surface area contributed by atoms with Crippen LogP contribution in [0.1, 0.15) is 41.6 Å². The van der Waals surface area contributed by atoms with Gasteiger partial charge in [0.15, 0.2) is 0 Å². The molecule has 32 heavy (non-hydrogen) atoms. The van der Waals surface area contributed by atoms with Gasteiger partial charge in [-0.1, -0.05) is 66.4 Å². The molecular formula is C25H21NO4S2. The maximum atomic E-state index is 13.0. The van der Waals surface area contributed by atoms with Crippen LogP contribution in [0.2, 0.25) is 0 Å². The summed E-state index contributed by atoms with van der Waals surface area (Å²) in [7, 11) is 0. The van der Waals surface area contributed by atoms with Crippen LogP contribution in [-0.2, 0) is 9.53 Å². The highest BCUT2D eigenvalue weighted by atomic mass is 32.2. The van der Waals surface area contributed by atoms with E-state index in [-0.39, 0.29) is 17.9 Å². The molecule has 3 aromatic rings. The molecular weight excluding hydrogens is 442 g/mol. The minimum Gasteiger partial charge on any atom is -0.462 e. The number of amides is 1. The van der Waals surface area contributed by atoms with Gasteiger partial charge >= 0.3 is 5.97 Å². The van der Waals surface area contributed by atoms with Crippen LogP contribution >= 0.6 is 24.0 Å². The highest BCUT2D eigenvalue weighted by molar-refractivity contribution is 8.26. The van der Waals surface area contributed by atoms with Crippen LogP contribution in [0.3, 0.4) is 0 Å². The third-order valence-corrected chi connectivity index (χ3v) is 6.40. The Morgan fingerprint density at radius 1 is 1.12 bits per heavy atom. The first-order valence-electron chi connectivity index (χ1n) is 10.2. The molecule has 0 spiro atoms. The lowest BCUT2D eigenvalue weighted by Gasteiger charge is -2.23. The Hall–Kier alpha value is -3.16. The molecule has 1 aromatic heterocycles. The molecule has 2 heterocycles. The topological polar surface area (TPSA) is 59.8 Å². The Kier molecular flexibility index (Phi) is 6.58. The Morgan fingerprint density at radius 3 is 2.53 bits per heavy atom. The van der Waals surface area contributed by atoms with E-state index < -0.39 is 0 Å². The lowest BCUT2D eigenvalue weighted by molar-refractivity contribution is -0.123. The second-order valence-corrected chi connectivity index (χ2v) is 8.81. The van der Waals surface area contributed by atoms with Gasteiger partial charge < -0.3 is 9.15 Å². The van der Waals surface area contributed by atoms with Gasteiger partial charge in [0, 0.05) is 11.6 Å². The van der Waals surface area contributed by atoms with E-state index in [0.29, 0.717) is 32.9 Å². The number of hydrogen-bond donors (Lipinski definition) is 0. The first kappa shape index (κ1) is 22.0. The molecule has 1 aliphatic heterocycles. The van der Waals surface area contributed by atoms with Crippen LogP contribution in [0.15, 0.2) is 76.1 Å². The Labute approximate surface area is 196 Å². The number of thiocarbonyl (C=S) groups is 1. The van der Waals surface area contributed by atoms with Gasteiger partial charge in [-0.25, -0.2) is 4.79 Å². The van der Waals surface area contributed by atoms with Crippen molar-refractivity contribution in [2.24, 2.45) is 0 Å². The number of benzene rings is 2. The summed E-state index contributed by atoms with van der Waals surface area (Å²) in [5.74, 6) is 0.709. The van der Waals surface area contributed by atoms with E-state index in [1.54, 1.807) is 42.2 Å². The lowest BCUT2D eigenvalue weighted by atomic mass is 10.1. The Bertz CT molecular complexity index is 1180. The highest BCUT2D eigenvalue weighted by Gasteiger charge is 2.36. The van der Waals surface area contributed by atoms with E-state index in [1.807, 2.05) is 49.4 Å². The average molecular weight is 464 g/mol. The smallest absolute Gasteiger partial charge is 0.338 e. The molecule has 5 nitrogen and oxygen atoms in total. The first-order chi connectivity index (χ1) is 15.5. The summed E-state index contributed by atoms with van der Waals surface area (Å²) >= 11 is 6.75. The van der Waals surface area contributed by atoms with E-state index in [9.17, 15) is 9.59 Å². The number of thioether (sulfide) groups is 1. The van der Waals surface area contributed by atoms with Crippen LogP contribution < -0.4 is 0 Å².